The number of carboxylic acid groups (broad SMARTS) is 1. The van der Waals surface area contributed by atoms with Crippen LogP contribution in [0.2, 0.25) is 0 Å². The van der Waals surface area contributed by atoms with E-state index in [0.717, 1.165) is 10.9 Å². The molecule has 0 bridgehead atoms. The van der Waals surface area contributed by atoms with Gasteiger partial charge in [-0.05, 0) is 37.3 Å². The number of carbonyl (C=O) groups excluding carboxylic acids is 5. The Morgan fingerprint density at radius 3 is 2.48 bits per heavy atom. The largest absolute Gasteiger partial charge is 0.477 e. The quantitative estimate of drug-likeness (QED) is 0.114. The van der Waals surface area contributed by atoms with Crippen molar-refractivity contribution in [3.05, 3.63) is 109 Å². The minimum Gasteiger partial charge on any atom is -0.477 e. The number of anilines is 1. The minimum absolute atomic E-state index is 0.0136. The number of hydrogen-bond acceptors (Lipinski definition) is 13. The fourth-order valence-electron chi connectivity index (χ4n) is 8.36. The van der Waals surface area contributed by atoms with Crippen LogP contribution in [-0.4, -0.2) is 93.2 Å². The van der Waals surface area contributed by atoms with Crippen molar-refractivity contribution in [3.63, 3.8) is 0 Å². The average molecular weight is 873 g/mol. The molecule has 61 heavy (non-hydrogen) atoms. The third-order valence-electron chi connectivity index (χ3n) is 11.4. The predicted molar refractivity (Wildman–Crippen MR) is 221 cm³/mol. The molecule has 2 saturated heterocycles. The number of benzene rings is 2. The second-order valence-electron chi connectivity index (χ2n) is 15.3. The number of amides is 2. The number of β-lactam (4-membered cyclic amide) rings is 1. The van der Waals surface area contributed by atoms with Gasteiger partial charge in [0.15, 0.2) is 0 Å². The predicted octanol–water partition coefficient (Wildman–Crippen LogP) is 4.66. The number of aromatic carboxylic acids is 1. The number of piperidine rings is 1. The third kappa shape index (κ3) is 8.13. The van der Waals surface area contributed by atoms with E-state index in [9.17, 15) is 38.7 Å². The first-order chi connectivity index (χ1) is 29.3. The van der Waals surface area contributed by atoms with Crippen LogP contribution in [0.15, 0.2) is 76.2 Å². The number of rotatable bonds is 12. The summed E-state index contributed by atoms with van der Waals surface area (Å²) < 4.78 is 34.8. The summed E-state index contributed by atoms with van der Waals surface area (Å²) in [5.74, 6) is -5.26. The van der Waals surface area contributed by atoms with Crippen LogP contribution in [0.5, 0.6) is 0 Å². The summed E-state index contributed by atoms with van der Waals surface area (Å²) in [6, 6.07) is 12.0. The number of aryl methyl sites for hydroxylation is 1. The Bertz CT molecular complexity index is 2540. The summed E-state index contributed by atoms with van der Waals surface area (Å²) in [6.07, 6.45) is 0.874. The lowest BCUT2D eigenvalue weighted by Gasteiger charge is -2.49. The summed E-state index contributed by atoms with van der Waals surface area (Å²) in [4.78, 5) is 95.3. The Hall–Kier alpha value is -6.01. The van der Waals surface area contributed by atoms with E-state index in [1.807, 2.05) is 29.3 Å². The molecule has 2 amide bonds. The van der Waals surface area contributed by atoms with Crippen LogP contribution in [0.25, 0.3) is 10.9 Å². The maximum atomic E-state index is 16.0. The Kier molecular flexibility index (Phi) is 11.7. The molecule has 15 nitrogen and oxygen atoms in total. The molecule has 0 saturated carbocycles. The number of aromatic nitrogens is 1. The molecule has 2 aromatic heterocycles. The molecule has 318 valence electrons. The van der Waals surface area contributed by atoms with E-state index >= 15 is 4.39 Å². The summed E-state index contributed by atoms with van der Waals surface area (Å²) in [5.41, 5.74) is 0.703. The lowest BCUT2D eigenvalue weighted by molar-refractivity contribution is -0.172. The summed E-state index contributed by atoms with van der Waals surface area (Å²) >= 11 is 2.70. The number of nitrogens with one attached hydrogen (secondary N) is 1. The van der Waals surface area contributed by atoms with Crippen molar-refractivity contribution in [2.75, 3.05) is 30.3 Å². The number of thiophene rings is 1. The van der Waals surface area contributed by atoms with Crippen molar-refractivity contribution < 1.29 is 52.5 Å². The van der Waals surface area contributed by atoms with E-state index < -0.39 is 70.2 Å². The molecular formula is C43H41FN4O11S2. The molecule has 2 unspecified atom stereocenters. The van der Waals surface area contributed by atoms with Crippen LogP contribution in [0.4, 0.5) is 10.1 Å². The summed E-state index contributed by atoms with van der Waals surface area (Å²) in [5, 5.41) is 13.6. The first kappa shape index (κ1) is 41.7. The average Bonchev–Trinajstić information content (AvgIpc) is 3.76. The molecule has 0 aliphatic carbocycles. The summed E-state index contributed by atoms with van der Waals surface area (Å²) in [7, 11) is 0. The van der Waals surface area contributed by atoms with E-state index in [4.69, 9.17) is 14.2 Å². The lowest BCUT2D eigenvalue weighted by atomic mass is 9.93. The standard InChI is InChI=1S/C43H41FN4O11S2/c1-22-10-11-28-35-29(37(51)30(41(53)54)19-47(22)35)18-31(44)36(28)46-14-12-26(13-15-46)58-43(56)38(24-7-4-3-5-8-24)59-42(55)34-25(20-57-23(2)49)21-61-40-33(39(52)48(34)40)45-32(50)17-27-9-6-16-60-27/h3-9,16,18-19,22,26,33,38,40H,10-15,17,20-21H2,1-2H3,(H,45,50)(H,53,54)/t22?,33-,38?,40-/m1/s1. The fourth-order valence-corrected chi connectivity index (χ4v) is 10.4. The van der Waals surface area contributed by atoms with Crippen LogP contribution in [-0.2, 0) is 51.0 Å². The smallest absolute Gasteiger partial charge is 0.356 e. The van der Waals surface area contributed by atoms with Gasteiger partial charge in [0.25, 0.3) is 5.91 Å². The van der Waals surface area contributed by atoms with Gasteiger partial charge in [0, 0.05) is 77.8 Å². The van der Waals surface area contributed by atoms with Gasteiger partial charge in [0.1, 0.15) is 41.2 Å². The van der Waals surface area contributed by atoms with E-state index in [0.29, 0.717) is 40.7 Å². The number of thioether (sulfide) groups is 1. The Morgan fingerprint density at radius 2 is 1.79 bits per heavy atom. The zero-order chi connectivity index (χ0) is 43.1. The zero-order valence-electron chi connectivity index (χ0n) is 33.1. The fraction of sp³-hybridized carbons (Fsp3) is 0.372. The Labute approximate surface area is 356 Å². The van der Waals surface area contributed by atoms with E-state index in [2.05, 4.69) is 5.32 Å². The molecule has 8 rings (SSSR count). The highest BCUT2D eigenvalue weighted by Crippen LogP contribution is 2.42. The number of ether oxygens (including phenoxy) is 3. The number of fused-ring (bicyclic) bond motifs is 1. The van der Waals surface area contributed by atoms with Gasteiger partial charge < -0.3 is 34.1 Å². The highest BCUT2D eigenvalue weighted by atomic mass is 32.2. The number of hydrogen-bond donors (Lipinski definition) is 2. The maximum Gasteiger partial charge on any atom is 0.356 e. The molecule has 4 aliphatic rings. The van der Waals surface area contributed by atoms with Crippen molar-refractivity contribution in [3.8, 4) is 0 Å². The van der Waals surface area contributed by atoms with Gasteiger partial charge in [-0.25, -0.2) is 18.8 Å². The van der Waals surface area contributed by atoms with E-state index in [-0.39, 0.29) is 67.7 Å². The lowest BCUT2D eigenvalue weighted by Crippen LogP contribution is -2.70. The molecular weight excluding hydrogens is 832 g/mol. The van der Waals surface area contributed by atoms with Crippen molar-refractivity contribution in [2.45, 2.75) is 75.6 Å². The van der Waals surface area contributed by atoms with Crippen LogP contribution < -0.4 is 15.6 Å². The summed E-state index contributed by atoms with van der Waals surface area (Å²) in [6.45, 7) is 3.38. The van der Waals surface area contributed by atoms with Crippen LogP contribution >= 0.6 is 23.1 Å². The first-order valence-electron chi connectivity index (χ1n) is 19.8. The van der Waals surface area contributed by atoms with Gasteiger partial charge in [-0.1, -0.05) is 36.4 Å². The molecule has 0 radical (unpaired) electrons. The molecule has 2 aromatic carbocycles. The molecule has 0 spiro atoms. The number of nitrogens with zero attached hydrogens (tertiary/aromatic N) is 3. The van der Waals surface area contributed by atoms with Gasteiger partial charge in [-0.15, -0.1) is 23.1 Å². The second kappa shape index (κ2) is 17.2. The van der Waals surface area contributed by atoms with Gasteiger partial charge in [-0.3, -0.25) is 24.1 Å². The van der Waals surface area contributed by atoms with Crippen molar-refractivity contribution in [1.82, 2.24) is 14.8 Å². The van der Waals surface area contributed by atoms with Gasteiger partial charge >= 0.3 is 23.9 Å². The topological polar surface area (TPSA) is 191 Å². The van der Waals surface area contributed by atoms with Crippen LogP contribution in [0, 0.1) is 5.82 Å². The number of carbonyl (C=O) groups is 6. The monoisotopic (exact) mass is 872 g/mol. The van der Waals surface area contributed by atoms with Crippen LogP contribution in [0.3, 0.4) is 0 Å². The Balaban J connectivity index is 0.991. The van der Waals surface area contributed by atoms with E-state index in [1.165, 1.54) is 41.1 Å². The molecule has 4 aliphatic heterocycles. The molecule has 18 heteroatoms. The third-order valence-corrected chi connectivity index (χ3v) is 13.6. The number of halogens is 1. The van der Waals surface area contributed by atoms with Crippen molar-refractivity contribution >= 4 is 75.4 Å². The van der Waals surface area contributed by atoms with Gasteiger partial charge in [-0.2, -0.15) is 0 Å². The van der Waals surface area contributed by atoms with Gasteiger partial charge in [0.05, 0.1) is 17.6 Å². The highest BCUT2D eigenvalue weighted by molar-refractivity contribution is 8.00. The highest BCUT2D eigenvalue weighted by Gasteiger charge is 2.55. The zero-order valence-corrected chi connectivity index (χ0v) is 34.7. The number of esters is 3. The first-order valence-corrected chi connectivity index (χ1v) is 21.7. The molecule has 2 fully saturated rings. The minimum atomic E-state index is -1.56. The molecule has 6 heterocycles. The molecule has 2 N–H and O–H groups in total. The normalized spacial score (nSPS) is 20.4. The molecule has 4 aromatic rings. The SMILES string of the molecule is CC(=O)OCC1=C(C(=O)OC(C(=O)OC2CCN(c3c(F)cc4c(=O)c(C(=O)O)cn5c4c3CCC5C)CC2)c2ccccc2)N2C(=O)[C@@H](NC(=O)Cc3cccs3)[C@H]2SC1. The number of pyridine rings is 1. The van der Waals surface area contributed by atoms with Crippen molar-refractivity contribution in [2.24, 2.45) is 0 Å². The molecule has 4 atom stereocenters. The van der Waals surface area contributed by atoms with Gasteiger partial charge in [0.2, 0.25) is 17.4 Å². The Morgan fingerprint density at radius 1 is 1.03 bits per heavy atom. The second-order valence-corrected chi connectivity index (χ2v) is 17.5. The number of carboxylic acids is 1. The van der Waals surface area contributed by atoms with E-state index in [1.54, 1.807) is 34.9 Å². The maximum absolute atomic E-state index is 16.0. The van der Waals surface area contributed by atoms with Crippen LogP contribution in [0.1, 0.15) is 71.6 Å². The van der Waals surface area contributed by atoms with Crippen molar-refractivity contribution in [1.29, 1.82) is 0 Å².